The Labute approximate surface area is 164 Å². The lowest BCUT2D eigenvalue weighted by Gasteiger charge is -2.07. The summed E-state index contributed by atoms with van der Waals surface area (Å²) < 4.78 is 27.2. The molecule has 142 valence electrons. The smallest absolute Gasteiger partial charge is 0.240 e. The van der Waals surface area contributed by atoms with E-state index in [1.54, 1.807) is 6.07 Å². The van der Waals surface area contributed by atoms with Gasteiger partial charge in [-0.3, -0.25) is 5.10 Å². The highest BCUT2D eigenvalue weighted by Crippen LogP contribution is 2.19. The van der Waals surface area contributed by atoms with Crippen molar-refractivity contribution in [3.63, 3.8) is 0 Å². The van der Waals surface area contributed by atoms with Gasteiger partial charge in [0, 0.05) is 24.4 Å². The van der Waals surface area contributed by atoms with Crippen molar-refractivity contribution in [2.24, 2.45) is 0 Å². The molecule has 0 fully saturated rings. The molecule has 1 heterocycles. The Bertz CT molecular complexity index is 1050. The fourth-order valence-electron chi connectivity index (χ4n) is 2.66. The quantitative estimate of drug-likeness (QED) is 0.633. The number of sulfonamides is 1. The molecule has 3 rings (SSSR count). The average molecular weight is 405 g/mol. The Hall–Kier alpha value is -2.22. The van der Waals surface area contributed by atoms with E-state index >= 15 is 0 Å². The molecule has 6 nitrogen and oxygen atoms in total. The van der Waals surface area contributed by atoms with Crippen LogP contribution in [0.5, 0.6) is 0 Å². The topological polar surface area (TPSA) is 87.7 Å². The highest BCUT2D eigenvalue weighted by molar-refractivity contribution is 7.89. The van der Waals surface area contributed by atoms with Gasteiger partial charge < -0.3 is 0 Å². The van der Waals surface area contributed by atoms with Gasteiger partial charge in [0.2, 0.25) is 10.0 Å². The molecule has 0 spiro atoms. The summed E-state index contributed by atoms with van der Waals surface area (Å²) in [5, 5.41) is 7.50. The van der Waals surface area contributed by atoms with Crippen LogP contribution in [0.25, 0.3) is 0 Å². The van der Waals surface area contributed by atoms with Crippen LogP contribution >= 0.6 is 11.6 Å². The molecule has 0 bridgehead atoms. The van der Waals surface area contributed by atoms with Gasteiger partial charge in [0.25, 0.3) is 0 Å². The predicted molar refractivity (Wildman–Crippen MR) is 105 cm³/mol. The van der Waals surface area contributed by atoms with E-state index in [0.717, 1.165) is 17.0 Å². The van der Waals surface area contributed by atoms with E-state index in [-0.39, 0.29) is 11.4 Å². The van der Waals surface area contributed by atoms with Gasteiger partial charge in [-0.25, -0.2) is 18.1 Å². The molecule has 2 aromatic carbocycles. The fourth-order valence-corrected chi connectivity index (χ4v) is 3.97. The molecule has 0 aliphatic heterocycles. The number of H-pyrrole nitrogens is 1. The number of aromatic nitrogens is 3. The third-order valence-electron chi connectivity index (χ3n) is 4.13. The first-order valence-electron chi connectivity index (χ1n) is 8.55. The maximum atomic E-state index is 12.3. The minimum absolute atomic E-state index is 0.147. The molecule has 0 amide bonds. The normalized spacial score (nSPS) is 11.7. The van der Waals surface area contributed by atoms with E-state index in [0.29, 0.717) is 23.7 Å². The van der Waals surface area contributed by atoms with E-state index in [4.69, 9.17) is 11.6 Å². The second-order valence-corrected chi connectivity index (χ2v) is 8.60. The van der Waals surface area contributed by atoms with Crippen LogP contribution < -0.4 is 4.72 Å². The number of halogens is 1. The van der Waals surface area contributed by atoms with Crippen molar-refractivity contribution < 1.29 is 8.42 Å². The van der Waals surface area contributed by atoms with E-state index in [1.807, 2.05) is 32.0 Å². The maximum absolute atomic E-state index is 12.3. The summed E-state index contributed by atoms with van der Waals surface area (Å²) >= 11 is 6.01. The van der Waals surface area contributed by atoms with Crippen LogP contribution in [0.3, 0.4) is 0 Å². The van der Waals surface area contributed by atoms with Gasteiger partial charge in [0.1, 0.15) is 5.82 Å². The maximum Gasteiger partial charge on any atom is 0.240 e. The zero-order chi connectivity index (χ0) is 19.4. The first-order chi connectivity index (χ1) is 12.8. The van der Waals surface area contributed by atoms with E-state index < -0.39 is 10.0 Å². The number of nitrogens with one attached hydrogen (secondary N) is 2. The van der Waals surface area contributed by atoms with Crippen molar-refractivity contribution in [1.29, 1.82) is 0 Å². The fraction of sp³-hybridized carbons (Fsp3) is 0.263. The summed E-state index contributed by atoms with van der Waals surface area (Å²) in [4.78, 5) is 4.58. The summed E-state index contributed by atoms with van der Waals surface area (Å²) in [6, 6.07) is 12.9. The Morgan fingerprint density at radius 1 is 1.15 bits per heavy atom. The summed E-state index contributed by atoms with van der Waals surface area (Å²) in [5.74, 6) is 1.33. The van der Waals surface area contributed by atoms with Crippen LogP contribution in [0.15, 0.2) is 47.4 Å². The molecule has 0 atom stereocenters. The molecule has 0 saturated heterocycles. The lowest BCUT2D eigenvalue weighted by Crippen LogP contribution is -2.26. The SMILES string of the molecule is Cc1cccc(Cc2nc(CCNS(=O)(=O)c3ccc(C)c(Cl)c3)n[nH]2)c1. The molecule has 0 radical (unpaired) electrons. The molecule has 0 unspecified atom stereocenters. The Balaban J connectivity index is 1.57. The van der Waals surface area contributed by atoms with Crippen molar-refractivity contribution in [3.8, 4) is 0 Å². The van der Waals surface area contributed by atoms with Crippen molar-refractivity contribution in [2.45, 2.75) is 31.6 Å². The second-order valence-electron chi connectivity index (χ2n) is 6.42. The average Bonchev–Trinajstić information content (AvgIpc) is 3.04. The first kappa shape index (κ1) is 19.5. The van der Waals surface area contributed by atoms with Gasteiger partial charge in [-0.1, -0.05) is 47.5 Å². The number of aryl methyl sites for hydroxylation is 2. The standard InChI is InChI=1S/C19H21ClN4O2S/c1-13-4-3-5-15(10-13)11-19-22-18(23-24-19)8-9-21-27(25,26)16-7-6-14(2)17(20)12-16/h3-7,10,12,21H,8-9,11H2,1-2H3,(H,22,23,24). The number of benzene rings is 2. The number of hydrogen-bond donors (Lipinski definition) is 2. The molecular formula is C19H21ClN4O2S. The zero-order valence-electron chi connectivity index (χ0n) is 15.2. The summed E-state index contributed by atoms with van der Waals surface area (Å²) in [6.07, 6.45) is 1.05. The van der Waals surface area contributed by atoms with Crippen molar-refractivity contribution >= 4 is 21.6 Å². The van der Waals surface area contributed by atoms with Gasteiger partial charge >= 0.3 is 0 Å². The number of aromatic amines is 1. The molecule has 1 aromatic heterocycles. The largest absolute Gasteiger partial charge is 0.263 e. The molecule has 3 aromatic rings. The van der Waals surface area contributed by atoms with Crippen LogP contribution in [0.1, 0.15) is 28.3 Å². The Kier molecular flexibility index (Phi) is 5.94. The molecule has 8 heteroatoms. The second kappa shape index (κ2) is 8.21. The van der Waals surface area contributed by atoms with Crippen molar-refractivity contribution in [3.05, 3.63) is 75.8 Å². The van der Waals surface area contributed by atoms with Gasteiger partial charge in [-0.15, -0.1) is 0 Å². The lowest BCUT2D eigenvalue weighted by molar-refractivity contribution is 0.581. The molecule has 2 N–H and O–H groups in total. The highest BCUT2D eigenvalue weighted by Gasteiger charge is 2.15. The summed E-state index contributed by atoms with van der Waals surface area (Å²) in [7, 11) is -3.62. The van der Waals surface area contributed by atoms with E-state index in [2.05, 4.69) is 26.0 Å². The molecule has 0 saturated carbocycles. The Morgan fingerprint density at radius 3 is 2.70 bits per heavy atom. The van der Waals surface area contributed by atoms with Crippen LogP contribution in [0.4, 0.5) is 0 Å². The zero-order valence-corrected chi connectivity index (χ0v) is 16.7. The lowest BCUT2D eigenvalue weighted by atomic mass is 10.1. The van der Waals surface area contributed by atoms with Crippen molar-refractivity contribution in [2.75, 3.05) is 6.54 Å². The van der Waals surface area contributed by atoms with Crippen molar-refractivity contribution in [1.82, 2.24) is 19.9 Å². The number of nitrogens with zero attached hydrogens (tertiary/aromatic N) is 2. The number of rotatable bonds is 7. The molecular weight excluding hydrogens is 384 g/mol. The van der Waals surface area contributed by atoms with Gasteiger partial charge in [0.05, 0.1) is 4.90 Å². The van der Waals surface area contributed by atoms with Crippen LogP contribution in [-0.4, -0.2) is 30.1 Å². The van der Waals surface area contributed by atoms with Crippen LogP contribution in [0.2, 0.25) is 5.02 Å². The van der Waals surface area contributed by atoms with Gasteiger partial charge in [-0.05, 0) is 37.1 Å². The molecule has 27 heavy (non-hydrogen) atoms. The molecule has 0 aliphatic carbocycles. The monoisotopic (exact) mass is 404 g/mol. The third kappa shape index (κ3) is 5.15. The van der Waals surface area contributed by atoms with E-state index in [9.17, 15) is 8.42 Å². The summed E-state index contributed by atoms with van der Waals surface area (Å²) in [5.41, 5.74) is 3.17. The highest BCUT2D eigenvalue weighted by atomic mass is 35.5. The third-order valence-corrected chi connectivity index (χ3v) is 5.99. The van der Waals surface area contributed by atoms with Crippen LogP contribution in [-0.2, 0) is 22.9 Å². The minimum atomic E-state index is -3.62. The first-order valence-corrected chi connectivity index (χ1v) is 10.4. The molecule has 0 aliphatic rings. The minimum Gasteiger partial charge on any atom is -0.263 e. The van der Waals surface area contributed by atoms with E-state index in [1.165, 1.54) is 17.7 Å². The number of hydrogen-bond acceptors (Lipinski definition) is 4. The van der Waals surface area contributed by atoms with Crippen LogP contribution in [0, 0.1) is 13.8 Å². The van der Waals surface area contributed by atoms with Gasteiger partial charge in [0.15, 0.2) is 5.82 Å². The van der Waals surface area contributed by atoms with Gasteiger partial charge in [-0.2, -0.15) is 5.10 Å². The Morgan fingerprint density at radius 2 is 1.96 bits per heavy atom. The summed E-state index contributed by atoms with van der Waals surface area (Å²) in [6.45, 7) is 4.07. The predicted octanol–water partition coefficient (Wildman–Crippen LogP) is 3.19.